The van der Waals surface area contributed by atoms with Crippen LogP contribution < -0.4 is 15.0 Å². The number of methoxy groups -OCH3 is 1. The predicted molar refractivity (Wildman–Crippen MR) is 146 cm³/mol. The number of piperazine rings is 1. The lowest BCUT2D eigenvalue weighted by Gasteiger charge is -2.40. The van der Waals surface area contributed by atoms with E-state index in [1.165, 1.54) is 25.9 Å². The number of hydrazine groups is 1. The zero-order valence-electron chi connectivity index (χ0n) is 21.3. The minimum absolute atomic E-state index is 0.549. The maximum absolute atomic E-state index is 6.35. The Labute approximate surface area is 221 Å². The lowest BCUT2D eigenvalue weighted by Crippen LogP contribution is -2.53. The second-order valence-corrected chi connectivity index (χ2v) is 9.95. The van der Waals surface area contributed by atoms with E-state index in [1.807, 2.05) is 35.3 Å². The topological polar surface area (TPSA) is 87.5 Å². The summed E-state index contributed by atoms with van der Waals surface area (Å²) in [6.07, 6.45) is 6.40. The van der Waals surface area contributed by atoms with Crippen LogP contribution >= 0.6 is 11.6 Å². The molecule has 194 valence electrons. The fraction of sp³-hybridized carbons (Fsp3) is 0.462. The van der Waals surface area contributed by atoms with E-state index in [-0.39, 0.29) is 0 Å². The van der Waals surface area contributed by atoms with E-state index in [4.69, 9.17) is 26.4 Å². The molecule has 5 heterocycles. The number of aryl methyl sites for hydroxylation is 1. The number of anilines is 2. The molecule has 4 aromatic rings. The maximum Gasteiger partial charge on any atom is 0.161 e. The van der Waals surface area contributed by atoms with Crippen LogP contribution in [0.15, 0.2) is 30.6 Å². The first-order valence-electron chi connectivity index (χ1n) is 13.0. The van der Waals surface area contributed by atoms with Crippen LogP contribution in [0.3, 0.4) is 0 Å². The molecule has 0 amide bonds. The van der Waals surface area contributed by atoms with Gasteiger partial charge in [0.25, 0.3) is 0 Å². The van der Waals surface area contributed by atoms with Crippen LogP contribution in [0.2, 0.25) is 5.02 Å². The number of aromatic nitrogens is 5. The molecule has 0 spiro atoms. The molecule has 2 fully saturated rings. The number of fused-ring (bicyclic) bond motifs is 3. The number of rotatable bonds is 7. The molecule has 6 rings (SSSR count). The van der Waals surface area contributed by atoms with Crippen molar-refractivity contribution in [1.82, 2.24) is 35.0 Å². The van der Waals surface area contributed by atoms with Gasteiger partial charge in [0.05, 0.1) is 23.7 Å². The van der Waals surface area contributed by atoms with Gasteiger partial charge in [-0.25, -0.2) is 19.7 Å². The van der Waals surface area contributed by atoms with Gasteiger partial charge in [-0.1, -0.05) is 17.7 Å². The number of benzene rings is 1. The van der Waals surface area contributed by atoms with Crippen LogP contribution in [0.25, 0.3) is 21.8 Å². The van der Waals surface area contributed by atoms with Gasteiger partial charge in [-0.15, -0.1) is 10.2 Å². The van der Waals surface area contributed by atoms with Gasteiger partial charge in [0.2, 0.25) is 0 Å². The van der Waals surface area contributed by atoms with Crippen molar-refractivity contribution >= 4 is 45.0 Å². The Morgan fingerprint density at radius 2 is 1.76 bits per heavy atom. The lowest BCUT2D eigenvalue weighted by molar-refractivity contribution is -0.00767. The highest BCUT2D eigenvalue weighted by Crippen LogP contribution is 2.34. The Kier molecular flexibility index (Phi) is 6.71. The molecule has 0 unspecified atom stereocenters. The summed E-state index contributed by atoms with van der Waals surface area (Å²) < 4.78 is 7.20. The van der Waals surface area contributed by atoms with Crippen molar-refractivity contribution in [1.29, 1.82) is 0 Å². The Morgan fingerprint density at radius 3 is 2.49 bits per heavy atom. The molecule has 2 saturated heterocycles. The fourth-order valence-corrected chi connectivity index (χ4v) is 5.70. The van der Waals surface area contributed by atoms with Crippen molar-refractivity contribution in [3.8, 4) is 5.75 Å². The maximum atomic E-state index is 6.35. The zero-order chi connectivity index (χ0) is 25.4. The van der Waals surface area contributed by atoms with Crippen molar-refractivity contribution in [2.45, 2.75) is 32.9 Å². The van der Waals surface area contributed by atoms with Gasteiger partial charge < -0.3 is 15.0 Å². The summed E-state index contributed by atoms with van der Waals surface area (Å²) in [5, 5.41) is 26.0. The molecular formula is C26H32ClN9O. The van der Waals surface area contributed by atoms with Crippen molar-refractivity contribution in [2.75, 3.05) is 56.6 Å². The quantitative estimate of drug-likeness (QED) is 0.390. The van der Waals surface area contributed by atoms with Gasteiger partial charge in [0.15, 0.2) is 17.3 Å². The molecule has 37 heavy (non-hydrogen) atoms. The Morgan fingerprint density at radius 1 is 0.973 bits per heavy atom. The predicted octanol–water partition coefficient (Wildman–Crippen LogP) is 3.80. The SMILES string of the molecule is CCn1ncc2c3c(NCc4ccc(OC)c(Cl)c4)nnc(N4CCN(N5CCCC5)CC4)c3cnc21. The summed E-state index contributed by atoms with van der Waals surface area (Å²) in [5.41, 5.74) is 1.88. The van der Waals surface area contributed by atoms with Crippen LogP contribution in [0.1, 0.15) is 25.3 Å². The molecule has 1 aromatic carbocycles. The average molecular weight is 522 g/mol. The van der Waals surface area contributed by atoms with Gasteiger partial charge in [-0.05, 0) is 37.5 Å². The normalized spacial score (nSPS) is 17.2. The van der Waals surface area contributed by atoms with Crippen LogP contribution in [0, 0.1) is 0 Å². The van der Waals surface area contributed by atoms with Crippen molar-refractivity contribution in [3.05, 3.63) is 41.2 Å². The van der Waals surface area contributed by atoms with Gasteiger partial charge in [-0.3, -0.25) is 0 Å². The van der Waals surface area contributed by atoms with Crippen LogP contribution in [0.5, 0.6) is 5.75 Å². The first-order valence-corrected chi connectivity index (χ1v) is 13.4. The molecule has 0 radical (unpaired) electrons. The third-order valence-electron chi connectivity index (χ3n) is 7.40. The first-order chi connectivity index (χ1) is 18.2. The van der Waals surface area contributed by atoms with E-state index in [2.05, 4.69) is 37.4 Å². The molecule has 0 aliphatic carbocycles. The van der Waals surface area contributed by atoms with Gasteiger partial charge in [-0.2, -0.15) is 5.10 Å². The molecule has 11 heteroatoms. The van der Waals surface area contributed by atoms with Crippen molar-refractivity contribution in [3.63, 3.8) is 0 Å². The van der Waals surface area contributed by atoms with E-state index >= 15 is 0 Å². The molecule has 0 saturated carbocycles. The van der Waals surface area contributed by atoms with Gasteiger partial charge in [0, 0.05) is 69.3 Å². The molecule has 0 atom stereocenters. The highest BCUT2D eigenvalue weighted by Gasteiger charge is 2.27. The molecule has 0 bridgehead atoms. The second-order valence-electron chi connectivity index (χ2n) is 9.54. The van der Waals surface area contributed by atoms with Crippen molar-refractivity contribution in [2.24, 2.45) is 0 Å². The number of nitrogens with one attached hydrogen (secondary N) is 1. The second kappa shape index (κ2) is 10.3. The third-order valence-corrected chi connectivity index (χ3v) is 7.70. The number of nitrogens with zero attached hydrogens (tertiary/aromatic N) is 8. The number of halogens is 1. The van der Waals surface area contributed by atoms with Crippen LogP contribution in [-0.2, 0) is 13.1 Å². The fourth-order valence-electron chi connectivity index (χ4n) is 5.42. The summed E-state index contributed by atoms with van der Waals surface area (Å²) in [7, 11) is 1.62. The highest BCUT2D eigenvalue weighted by molar-refractivity contribution is 6.32. The number of hydrogen-bond acceptors (Lipinski definition) is 9. The van der Waals surface area contributed by atoms with Crippen LogP contribution in [0.4, 0.5) is 11.6 Å². The van der Waals surface area contributed by atoms with E-state index in [0.717, 1.165) is 65.9 Å². The van der Waals surface area contributed by atoms with Crippen molar-refractivity contribution < 1.29 is 4.74 Å². The summed E-state index contributed by atoms with van der Waals surface area (Å²) in [4.78, 5) is 7.13. The Hall–Kier alpha value is -3.21. The first kappa shape index (κ1) is 24.1. The zero-order valence-corrected chi connectivity index (χ0v) is 22.1. The van der Waals surface area contributed by atoms with Gasteiger partial charge >= 0.3 is 0 Å². The van der Waals surface area contributed by atoms with Crippen LogP contribution in [-0.4, -0.2) is 81.4 Å². The van der Waals surface area contributed by atoms with E-state index in [9.17, 15) is 0 Å². The molecule has 3 aromatic heterocycles. The minimum Gasteiger partial charge on any atom is -0.495 e. The monoisotopic (exact) mass is 521 g/mol. The summed E-state index contributed by atoms with van der Waals surface area (Å²) in [6, 6.07) is 5.78. The summed E-state index contributed by atoms with van der Waals surface area (Å²) in [6.45, 7) is 9.51. The average Bonchev–Trinajstić information content (AvgIpc) is 3.62. The van der Waals surface area contributed by atoms with E-state index < -0.39 is 0 Å². The smallest absolute Gasteiger partial charge is 0.161 e. The largest absolute Gasteiger partial charge is 0.495 e. The number of ether oxygens (including phenoxy) is 1. The lowest BCUT2D eigenvalue weighted by atomic mass is 10.1. The summed E-state index contributed by atoms with van der Waals surface area (Å²) >= 11 is 6.35. The molecule has 1 N–H and O–H groups in total. The molecule has 2 aliphatic rings. The Balaban J connectivity index is 1.33. The molecular weight excluding hydrogens is 490 g/mol. The molecule has 10 nitrogen and oxygen atoms in total. The third kappa shape index (κ3) is 4.54. The number of hydrogen-bond donors (Lipinski definition) is 1. The highest BCUT2D eigenvalue weighted by atomic mass is 35.5. The van der Waals surface area contributed by atoms with Gasteiger partial charge in [0.1, 0.15) is 5.75 Å². The minimum atomic E-state index is 0.549. The van der Waals surface area contributed by atoms with E-state index in [1.54, 1.807) is 7.11 Å². The number of pyridine rings is 1. The summed E-state index contributed by atoms with van der Waals surface area (Å²) in [5.74, 6) is 2.25. The molecule has 2 aliphatic heterocycles. The standard InChI is InChI=1S/C26H32ClN9O/c1-3-36-25-20(17-30-36)23-19(16-29-25)26(33-10-12-35(13-11-33)34-8-4-5-9-34)32-31-24(23)28-15-18-6-7-22(37-2)21(27)14-18/h6-7,14,16-17H,3-5,8-13,15H2,1-2H3,(H,28,31). The van der Waals surface area contributed by atoms with E-state index in [0.29, 0.717) is 23.1 Å². The Bertz CT molecular complexity index is 1410.